The average molecular weight is 268 g/mol. The van der Waals surface area contributed by atoms with Gasteiger partial charge in [0.2, 0.25) is 0 Å². The summed E-state index contributed by atoms with van der Waals surface area (Å²) in [5, 5.41) is 5.09. The zero-order valence-electron chi connectivity index (χ0n) is 9.07. The molecule has 1 N–H and O–H groups in total. The van der Waals surface area contributed by atoms with Crippen LogP contribution in [0.5, 0.6) is 5.75 Å². The van der Waals surface area contributed by atoms with Gasteiger partial charge in [-0.05, 0) is 30.3 Å². The maximum absolute atomic E-state index is 11.8. The van der Waals surface area contributed by atoms with Crippen LogP contribution in [0.1, 0.15) is 9.67 Å². The summed E-state index contributed by atoms with van der Waals surface area (Å²) in [5.74, 6) is 0.592. The summed E-state index contributed by atoms with van der Waals surface area (Å²) in [7, 11) is 1.60. The Morgan fingerprint density at radius 3 is 2.59 bits per heavy atom. The van der Waals surface area contributed by atoms with Crippen LogP contribution in [0.15, 0.2) is 35.7 Å². The predicted molar refractivity (Wildman–Crippen MR) is 70.3 cm³/mol. The van der Waals surface area contributed by atoms with E-state index < -0.39 is 0 Å². The van der Waals surface area contributed by atoms with Gasteiger partial charge in [-0.3, -0.25) is 4.79 Å². The number of anilines is 1. The number of ether oxygens (including phenoxy) is 1. The Morgan fingerprint density at radius 1 is 1.35 bits per heavy atom. The van der Waals surface area contributed by atoms with Crippen LogP contribution in [0, 0.1) is 0 Å². The molecular formula is C12H10ClNO2S. The first-order chi connectivity index (χ1) is 8.19. The van der Waals surface area contributed by atoms with Gasteiger partial charge in [0, 0.05) is 11.1 Å². The number of benzene rings is 1. The van der Waals surface area contributed by atoms with E-state index in [0.717, 1.165) is 11.4 Å². The molecule has 0 aliphatic carbocycles. The fourth-order valence-electron chi connectivity index (χ4n) is 1.30. The van der Waals surface area contributed by atoms with E-state index in [1.54, 1.807) is 42.8 Å². The predicted octanol–water partition coefficient (Wildman–Crippen LogP) is 3.66. The second-order valence-corrected chi connectivity index (χ2v) is 4.66. The van der Waals surface area contributed by atoms with Crippen LogP contribution in [0.2, 0.25) is 5.02 Å². The Hall–Kier alpha value is -1.52. The van der Waals surface area contributed by atoms with E-state index in [2.05, 4.69) is 5.32 Å². The first-order valence-electron chi connectivity index (χ1n) is 4.88. The molecule has 2 rings (SSSR count). The Bertz CT molecular complexity index is 522. The Morgan fingerprint density at radius 2 is 2.06 bits per heavy atom. The van der Waals surface area contributed by atoms with Crippen molar-refractivity contribution in [3.8, 4) is 5.75 Å². The van der Waals surface area contributed by atoms with E-state index in [1.807, 2.05) is 0 Å². The van der Waals surface area contributed by atoms with Crippen molar-refractivity contribution in [1.82, 2.24) is 0 Å². The largest absolute Gasteiger partial charge is 0.497 e. The number of amides is 1. The van der Waals surface area contributed by atoms with Crippen molar-refractivity contribution in [3.63, 3.8) is 0 Å². The van der Waals surface area contributed by atoms with Gasteiger partial charge in [0.25, 0.3) is 5.91 Å². The van der Waals surface area contributed by atoms with Gasteiger partial charge in [0.15, 0.2) is 0 Å². The number of halogens is 1. The standard InChI is InChI=1S/C12H10ClNO2S/c1-16-10-4-2-9(3-5-10)14-12(15)11-6-8(13)7-17-11/h2-7H,1H3,(H,14,15). The minimum Gasteiger partial charge on any atom is -0.497 e. The smallest absolute Gasteiger partial charge is 0.265 e. The second-order valence-electron chi connectivity index (χ2n) is 3.31. The van der Waals surface area contributed by atoms with Crippen molar-refractivity contribution in [2.24, 2.45) is 0 Å². The van der Waals surface area contributed by atoms with Gasteiger partial charge in [-0.1, -0.05) is 11.6 Å². The number of carbonyl (C=O) groups is 1. The molecule has 1 aromatic heterocycles. The zero-order valence-corrected chi connectivity index (χ0v) is 10.6. The van der Waals surface area contributed by atoms with E-state index in [-0.39, 0.29) is 5.91 Å². The average Bonchev–Trinajstić information content (AvgIpc) is 2.77. The molecule has 0 aliphatic rings. The molecule has 0 aliphatic heterocycles. The van der Waals surface area contributed by atoms with Gasteiger partial charge in [-0.2, -0.15) is 0 Å². The maximum atomic E-state index is 11.8. The van der Waals surface area contributed by atoms with Gasteiger partial charge in [0.05, 0.1) is 17.0 Å². The number of methoxy groups -OCH3 is 1. The topological polar surface area (TPSA) is 38.3 Å². The summed E-state index contributed by atoms with van der Waals surface area (Å²) in [6.45, 7) is 0. The van der Waals surface area contributed by atoms with Crippen molar-refractivity contribution in [2.75, 3.05) is 12.4 Å². The van der Waals surface area contributed by atoms with E-state index in [0.29, 0.717) is 9.90 Å². The lowest BCUT2D eigenvalue weighted by Crippen LogP contribution is -2.09. The molecule has 0 bridgehead atoms. The lowest BCUT2D eigenvalue weighted by Gasteiger charge is -2.04. The molecule has 1 heterocycles. The minimum absolute atomic E-state index is 0.160. The number of thiophene rings is 1. The summed E-state index contributed by atoms with van der Waals surface area (Å²) in [6.07, 6.45) is 0. The van der Waals surface area contributed by atoms with Crippen molar-refractivity contribution in [2.45, 2.75) is 0 Å². The van der Waals surface area contributed by atoms with Crippen molar-refractivity contribution >= 4 is 34.5 Å². The van der Waals surface area contributed by atoms with E-state index in [4.69, 9.17) is 16.3 Å². The molecule has 0 fully saturated rings. The monoisotopic (exact) mass is 267 g/mol. The van der Waals surface area contributed by atoms with Crippen molar-refractivity contribution in [1.29, 1.82) is 0 Å². The summed E-state index contributed by atoms with van der Waals surface area (Å²) in [4.78, 5) is 12.4. The number of rotatable bonds is 3. The molecule has 2 aromatic rings. The Balaban J connectivity index is 2.07. The van der Waals surface area contributed by atoms with Crippen LogP contribution in [-0.4, -0.2) is 13.0 Å². The van der Waals surface area contributed by atoms with Crippen LogP contribution < -0.4 is 10.1 Å². The van der Waals surface area contributed by atoms with E-state index >= 15 is 0 Å². The number of hydrogen-bond donors (Lipinski definition) is 1. The Kier molecular flexibility index (Phi) is 3.66. The van der Waals surface area contributed by atoms with Crippen LogP contribution in [0.3, 0.4) is 0 Å². The summed E-state index contributed by atoms with van der Waals surface area (Å²) < 4.78 is 5.03. The highest BCUT2D eigenvalue weighted by atomic mass is 35.5. The lowest BCUT2D eigenvalue weighted by molar-refractivity contribution is 0.103. The normalized spacial score (nSPS) is 10.0. The molecule has 0 saturated heterocycles. The van der Waals surface area contributed by atoms with E-state index in [1.165, 1.54) is 11.3 Å². The Labute approximate surface area is 108 Å². The van der Waals surface area contributed by atoms with Crippen LogP contribution >= 0.6 is 22.9 Å². The number of carbonyl (C=O) groups excluding carboxylic acids is 1. The molecule has 0 unspecified atom stereocenters. The first-order valence-corrected chi connectivity index (χ1v) is 6.14. The van der Waals surface area contributed by atoms with Gasteiger partial charge in [0.1, 0.15) is 5.75 Å². The lowest BCUT2D eigenvalue weighted by atomic mass is 10.3. The molecule has 17 heavy (non-hydrogen) atoms. The molecule has 1 amide bonds. The number of nitrogens with one attached hydrogen (secondary N) is 1. The number of hydrogen-bond acceptors (Lipinski definition) is 3. The third-order valence-corrected chi connectivity index (χ3v) is 3.42. The van der Waals surface area contributed by atoms with Gasteiger partial charge < -0.3 is 10.1 Å². The quantitative estimate of drug-likeness (QED) is 0.922. The molecule has 0 spiro atoms. The molecule has 0 atom stereocenters. The fourth-order valence-corrected chi connectivity index (χ4v) is 2.27. The highest BCUT2D eigenvalue weighted by molar-refractivity contribution is 7.12. The molecule has 88 valence electrons. The summed E-state index contributed by atoms with van der Waals surface area (Å²) in [6, 6.07) is 8.79. The zero-order chi connectivity index (χ0) is 12.3. The first kappa shape index (κ1) is 12.0. The van der Waals surface area contributed by atoms with Gasteiger partial charge in [-0.15, -0.1) is 11.3 Å². The maximum Gasteiger partial charge on any atom is 0.265 e. The molecule has 1 aromatic carbocycles. The van der Waals surface area contributed by atoms with Crippen LogP contribution in [0.4, 0.5) is 5.69 Å². The molecule has 5 heteroatoms. The SMILES string of the molecule is COc1ccc(NC(=O)c2cc(Cl)cs2)cc1. The molecule has 0 radical (unpaired) electrons. The van der Waals surface area contributed by atoms with Crippen molar-refractivity contribution in [3.05, 3.63) is 45.6 Å². The molecular weight excluding hydrogens is 258 g/mol. The molecule has 3 nitrogen and oxygen atoms in total. The minimum atomic E-state index is -0.160. The third kappa shape index (κ3) is 2.99. The second kappa shape index (κ2) is 5.21. The fraction of sp³-hybridized carbons (Fsp3) is 0.0833. The van der Waals surface area contributed by atoms with Crippen LogP contribution in [0.25, 0.3) is 0 Å². The summed E-state index contributed by atoms with van der Waals surface area (Å²) in [5.41, 5.74) is 0.723. The van der Waals surface area contributed by atoms with Crippen molar-refractivity contribution < 1.29 is 9.53 Å². The van der Waals surface area contributed by atoms with E-state index in [9.17, 15) is 4.79 Å². The highest BCUT2D eigenvalue weighted by Gasteiger charge is 2.08. The summed E-state index contributed by atoms with van der Waals surface area (Å²) >= 11 is 7.08. The van der Waals surface area contributed by atoms with Gasteiger partial charge in [-0.25, -0.2) is 0 Å². The highest BCUT2D eigenvalue weighted by Crippen LogP contribution is 2.21. The third-order valence-electron chi connectivity index (χ3n) is 2.14. The van der Waals surface area contributed by atoms with Gasteiger partial charge >= 0.3 is 0 Å². The molecule has 0 saturated carbocycles. The van der Waals surface area contributed by atoms with Crippen LogP contribution in [-0.2, 0) is 0 Å².